The van der Waals surface area contributed by atoms with E-state index in [0.29, 0.717) is 23.1 Å². The summed E-state index contributed by atoms with van der Waals surface area (Å²) in [6.07, 6.45) is 9.37. The molecule has 2 aliphatic heterocycles. The molecule has 12 N–H and O–H groups in total. The molecule has 4 rings (SSSR count). The number of unbranched alkanes of at least 4 members (excludes halogenated alkanes) is 3. The summed E-state index contributed by atoms with van der Waals surface area (Å²) >= 11 is 11.7. The summed E-state index contributed by atoms with van der Waals surface area (Å²) in [5, 5.41) is 14.0. The minimum Gasteiger partial charge on any atom is -0.369 e. The van der Waals surface area contributed by atoms with Gasteiger partial charge in [0.2, 0.25) is 23.8 Å². The van der Waals surface area contributed by atoms with Gasteiger partial charge in [0.25, 0.3) is 0 Å². The predicted molar refractivity (Wildman–Crippen MR) is 196 cm³/mol. The first-order valence-corrected chi connectivity index (χ1v) is 16.8. The Balaban J connectivity index is 0.000000396. The Bertz CT molecular complexity index is 1170. The van der Waals surface area contributed by atoms with Gasteiger partial charge in [-0.15, -0.1) is 0 Å². The molecule has 12 nitrogen and oxygen atoms in total. The Morgan fingerprint density at radius 1 is 0.587 bits per heavy atom. The summed E-state index contributed by atoms with van der Waals surface area (Å²) in [5.41, 5.74) is 24.8. The number of anilines is 2. The summed E-state index contributed by atoms with van der Waals surface area (Å²) < 4.78 is 0. The summed E-state index contributed by atoms with van der Waals surface area (Å²) in [7, 11) is 0. The number of halogens is 2. The van der Waals surface area contributed by atoms with E-state index in [4.69, 9.17) is 46.1 Å². The molecule has 0 saturated carbocycles. The number of aliphatic imine (C=N–C) groups is 4. The molecular formula is C32H50Cl2N12. The second-order valence-electron chi connectivity index (χ2n) is 11.3. The fraction of sp³-hybridized carbons (Fsp3) is 0.500. The monoisotopic (exact) mass is 672 g/mol. The molecule has 0 aliphatic carbocycles. The van der Waals surface area contributed by atoms with Crippen molar-refractivity contribution in [1.29, 1.82) is 0 Å². The van der Waals surface area contributed by atoms with E-state index in [1.54, 1.807) is 48.5 Å². The molecule has 0 aromatic heterocycles. The van der Waals surface area contributed by atoms with Crippen molar-refractivity contribution in [2.24, 2.45) is 54.7 Å². The Morgan fingerprint density at radius 3 is 1.28 bits per heavy atom. The third-order valence-corrected chi connectivity index (χ3v) is 8.26. The summed E-state index contributed by atoms with van der Waals surface area (Å²) in [4.78, 5) is 16.5. The van der Waals surface area contributed by atoms with E-state index in [9.17, 15) is 0 Å². The highest BCUT2D eigenvalue weighted by atomic mass is 35.5. The van der Waals surface area contributed by atoms with E-state index >= 15 is 0 Å². The van der Waals surface area contributed by atoms with Crippen LogP contribution in [0.4, 0.5) is 11.4 Å². The number of benzene rings is 2. The molecule has 0 amide bonds. The first-order valence-electron chi connectivity index (χ1n) is 16.0. The van der Waals surface area contributed by atoms with Crippen molar-refractivity contribution >= 4 is 58.4 Å². The Labute approximate surface area is 283 Å². The van der Waals surface area contributed by atoms with Crippen molar-refractivity contribution in [3.63, 3.8) is 0 Å². The number of nitrogens with one attached hydrogen (secondary N) is 4. The molecule has 2 aromatic carbocycles. The third-order valence-electron chi connectivity index (χ3n) is 7.75. The molecular weight excluding hydrogens is 623 g/mol. The lowest BCUT2D eigenvalue weighted by atomic mass is 9.80. The largest absolute Gasteiger partial charge is 0.369 e. The molecule has 2 saturated heterocycles. The fourth-order valence-corrected chi connectivity index (χ4v) is 5.58. The maximum absolute atomic E-state index is 5.85. The average molecular weight is 674 g/mol. The Kier molecular flexibility index (Phi) is 17.0. The van der Waals surface area contributed by atoms with Crippen LogP contribution in [0.15, 0.2) is 68.5 Å². The minimum atomic E-state index is 0.124. The number of nitrogens with two attached hydrogens (primary N) is 4. The van der Waals surface area contributed by atoms with Crippen LogP contribution in [-0.4, -0.2) is 63.1 Å². The van der Waals surface area contributed by atoms with Crippen LogP contribution < -0.4 is 44.2 Å². The zero-order chi connectivity index (χ0) is 33.0. The number of rotatable bonds is 10. The van der Waals surface area contributed by atoms with Crippen LogP contribution in [0.1, 0.15) is 51.4 Å². The van der Waals surface area contributed by atoms with Gasteiger partial charge >= 0.3 is 0 Å². The standard InChI is InChI=1S/C22H30Cl2N10.C10H20N2/c23-15-5-9-17(10-6-15)31-21(27)33-19(25)29-13-3-1-2-4-14-30-20(26)34-22(28)32-18-11-7-16(24)8-12-18;1-5-11-6-2-9(1)10-3-7-12-8-4-10/h5-12H,1-4,13-14H2,(H5,25,27,29,31,33)(H5,26,28,30,32,34);9-12H,1-8H2. The molecule has 2 fully saturated rings. The van der Waals surface area contributed by atoms with Crippen LogP contribution in [-0.2, 0) is 0 Å². The van der Waals surface area contributed by atoms with E-state index in [1.807, 2.05) is 0 Å². The lowest BCUT2D eigenvalue weighted by molar-refractivity contribution is 0.212. The minimum absolute atomic E-state index is 0.124. The van der Waals surface area contributed by atoms with E-state index in [2.05, 4.69) is 41.2 Å². The van der Waals surface area contributed by atoms with Gasteiger partial charge in [0, 0.05) is 34.5 Å². The molecule has 0 radical (unpaired) electrons. The van der Waals surface area contributed by atoms with Gasteiger partial charge in [0.05, 0.1) is 0 Å². The van der Waals surface area contributed by atoms with Gasteiger partial charge in [0.1, 0.15) is 0 Å². The van der Waals surface area contributed by atoms with Crippen molar-refractivity contribution in [1.82, 2.24) is 10.6 Å². The Morgan fingerprint density at radius 2 is 0.935 bits per heavy atom. The molecule has 0 atom stereocenters. The van der Waals surface area contributed by atoms with Crippen molar-refractivity contribution in [3.05, 3.63) is 58.6 Å². The summed E-state index contributed by atoms with van der Waals surface area (Å²) in [5.74, 6) is 2.64. The normalized spacial score (nSPS) is 17.3. The molecule has 0 spiro atoms. The zero-order valence-corrected chi connectivity index (χ0v) is 28.0. The summed E-state index contributed by atoms with van der Waals surface area (Å²) in [6.45, 7) is 6.16. The fourth-order valence-electron chi connectivity index (χ4n) is 5.33. The van der Waals surface area contributed by atoms with Gasteiger partial charge in [-0.05, 0) is 125 Å². The van der Waals surface area contributed by atoms with Gasteiger partial charge in [-0.2, -0.15) is 9.98 Å². The lowest BCUT2D eigenvalue weighted by Crippen LogP contribution is -2.37. The maximum atomic E-state index is 5.85. The van der Waals surface area contributed by atoms with Gasteiger partial charge in [0.15, 0.2) is 0 Å². The van der Waals surface area contributed by atoms with Crippen molar-refractivity contribution in [2.45, 2.75) is 51.4 Å². The SMILES string of the molecule is C1CC(C2CCNCC2)CCN1.NC(=NCCCCCCN=C(N)N=C(N)Nc1ccc(Cl)cc1)N=C(N)Nc1ccc(Cl)cc1. The molecule has 0 bridgehead atoms. The molecule has 14 heteroatoms. The number of nitrogens with zero attached hydrogens (tertiary/aromatic N) is 4. The van der Waals surface area contributed by atoms with E-state index < -0.39 is 0 Å². The Hall–Kier alpha value is -3.58. The van der Waals surface area contributed by atoms with E-state index in [-0.39, 0.29) is 23.8 Å². The van der Waals surface area contributed by atoms with Crippen LogP contribution in [0, 0.1) is 11.8 Å². The van der Waals surface area contributed by atoms with Crippen molar-refractivity contribution in [3.8, 4) is 0 Å². The highest BCUT2D eigenvalue weighted by Crippen LogP contribution is 2.28. The van der Waals surface area contributed by atoms with Crippen molar-refractivity contribution < 1.29 is 0 Å². The first-order chi connectivity index (χ1) is 22.3. The highest BCUT2D eigenvalue weighted by molar-refractivity contribution is 6.31. The molecule has 252 valence electrons. The number of hydrogen-bond donors (Lipinski definition) is 8. The number of guanidine groups is 4. The van der Waals surface area contributed by atoms with Gasteiger partial charge in [-0.25, -0.2) is 0 Å². The molecule has 2 aliphatic rings. The van der Waals surface area contributed by atoms with Crippen LogP contribution in [0.2, 0.25) is 10.0 Å². The van der Waals surface area contributed by atoms with Crippen molar-refractivity contribution in [2.75, 3.05) is 49.9 Å². The smallest absolute Gasteiger partial charge is 0.218 e. The molecule has 0 unspecified atom stereocenters. The number of hydrogen-bond acceptors (Lipinski definition) is 4. The van der Waals surface area contributed by atoms with E-state index in [0.717, 1.165) is 48.9 Å². The summed E-state index contributed by atoms with van der Waals surface area (Å²) in [6, 6.07) is 14.1. The maximum Gasteiger partial charge on any atom is 0.218 e. The number of piperidine rings is 2. The van der Waals surface area contributed by atoms with E-state index in [1.165, 1.54) is 51.9 Å². The second kappa shape index (κ2) is 21.3. The zero-order valence-electron chi connectivity index (χ0n) is 26.5. The second-order valence-corrected chi connectivity index (χ2v) is 12.2. The highest BCUT2D eigenvalue weighted by Gasteiger charge is 2.24. The van der Waals surface area contributed by atoms with Gasteiger partial charge < -0.3 is 44.2 Å². The average Bonchev–Trinajstić information content (AvgIpc) is 3.05. The topological polar surface area (TPSA) is 202 Å². The molecule has 2 heterocycles. The lowest BCUT2D eigenvalue weighted by Gasteiger charge is -2.33. The van der Waals surface area contributed by atoms with Crippen LogP contribution >= 0.6 is 23.2 Å². The third kappa shape index (κ3) is 15.6. The van der Waals surface area contributed by atoms with Gasteiger partial charge in [-0.1, -0.05) is 36.0 Å². The quantitative estimate of drug-likeness (QED) is 0.103. The van der Waals surface area contributed by atoms with Crippen LogP contribution in [0.25, 0.3) is 0 Å². The predicted octanol–water partition coefficient (Wildman–Crippen LogP) is 4.32. The first kappa shape index (κ1) is 36.9. The van der Waals surface area contributed by atoms with Crippen LogP contribution in [0.5, 0.6) is 0 Å². The van der Waals surface area contributed by atoms with Gasteiger partial charge in [-0.3, -0.25) is 9.98 Å². The molecule has 46 heavy (non-hydrogen) atoms. The van der Waals surface area contributed by atoms with Crippen LogP contribution in [0.3, 0.4) is 0 Å². The molecule has 2 aromatic rings.